The van der Waals surface area contributed by atoms with Gasteiger partial charge >= 0.3 is 6.61 Å². The van der Waals surface area contributed by atoms with Crippen molar-refractivity contribution in [1.29, 1.82) is 0 Å². The number of alkyl halides is 2. The molecule has 0 aliphatic rings. The molecule has 0 unspecified atom stereocenters. The van der Waals surface area contributed by atoms with E-state index < -0.39 is 6.61 Å². The van der Waals surface area contributed by atoms with Crippen LogP contribution in [0.15, 0.2) is 30.5 Å². The van der Waals surface area contributed by atoms with E-state index in [1.165, 1.54) is 30.5 Å². The van der Waals surface area contributed by atoms with Crippen LogP contribution < -0.4 is 10.1 Å². The Hall–Kier alpha value is -2.44. The first-order chi connectivity index (χ1) is 9.60. The number of rotatable bonds is 5. The summed E-state index contributed by atoms with van der Waals surface area (Å²) in [7, 11) is 0. The molecule has 0 radical (unpaired) electrons. The van der Waals surface area contributed by atoms with E-state index in [-0.39, 0.29) is 11.7 Å². The Morgan fingerprint density at radius 1 is 1.40 bits per heavy atom. The Bertz CT molecular complexity index is 582. The summed E-state index contributed by atoms with van der Waals surface area (Å²) >= 11 is 0. The number of ether oxygens (including phenoxy) is 1. The number of carbonyl (C=O) groups excluding carboxylic acids is 1. The maximum absolute atomic E-state index is 12.0. The zero-order chi connectivity index (χ0) is 14.5. The lowest BCUT2D eigenvalue weighted by Crippen LogP contribution is -2.13. The lowest BCUT2D eigenvalue weighted by atomic mass is 10.2. The number of hydrogen-bond acceptors (Lipinski definition) is 3. The van der Waals surface area contributed by atoms with Crippen molar-refractivity contribution in [3.8, 4) is 5.75 Å². The number of aromatic nitrogens is 2. The number of H-pyrrole nitrogens is 1. The van der Waals surface area contributed by atoms with Crippen molar-refractivity contribution >= 4 is 11.6 Å². The molecule has 1 aromatic heterocycles. The minimum Gasteiger partial charge on any atom is -0.435 e. The second-order valence-electron chi connectivity index (χ2n) is 3.97. The van der Waals surface area contributed by atoms with Gasteiger partial charge in [0.15, 0.2) is 0 Å². The van der Waals surface area contributed by atoms with Gasteiger partial charge in [0.1, 0.15) is 5.75 Å². The molecule has 0 bridgehead atoms. The fourth-order valence-corrected chi connectivity index (χ4v) is 1.70. The predicted molar refractivity (Wildman–Crippen MR) is 69.0 cm³/mol. The summed E-state index contributed by atoms with van der Waals surface area (Å²) in [6, 6.07) is 5.69. The average molecular weight is 281 g/mol. The van der Waals surface area contributed by atoms with Crippen LogP contribution in [0.25, 0.3) is 0 Å². The highest BCUT2D eigenvalue weighted by atomic mass is 19.3. The van der Waals surface area contributed by atoms with Crippen LogP contribution in [0.4, 0.5) is 14.5 Å². The van der Waals surface area contributed by atoms with E-state index in [2.05, 4.69) is 20.3 Å². The third kappa shape index (κ3) is 3.31. The van der Waals surface area contributed by atoms with Crippen LogP contribution in [-0.2, 0) is 6.42 Å². The second kappa shape index (κ2) is 6.14. The number of aryl methyl sites for hydroxylation is 1. The van der Waals surface area contributed by atoms with Gasteiger partial charge in [0.25, 0.3) is 5.91 Å². The Labute approximate surface area is 114 Å². The quantitative estimate of drug-likeness (QED) is 0.885. The fourth-order valence-electron chi connectivity index (χ4n) is 1.70. The van der Waals surface area contributed by atoms with Crippen molar-refractivity contribution in [3.05, 3.63) is 41.7 Å². The maximum atomic E-state index is 12.0. The van der Waals surface area contributed by atoms with Crippen molar-refractivity contribution in [2.75, 3.05) is 5.32 Å². The standard InChI is InChI=1S/C13H13F2N3O2/c1-2-11-10(7-16-18-11)12(19)17-8-3-5-9(6-4-8)20-13(14)15/h3-7,13H,2H2,1H3,(H,16,18)(H,17,19). The predicted octanol–water partition coefficient (Wildman–Crippen LogP) is 2.83. The monoisotopic (exact) mass is 281 g/mol. The van der Waals surface area contributed by atoms with Gasteiger partial charge in [-0.3, -0.25) is 9.89 Å². The molecule has 0 saturated heterocycles. The highest BCUT2D eigenvalue weighted by Crippen LogP contribution is 2.18. The molecular formula is C13H13F2N3O2. The van der Waals surface area contributed by atoms with Crippen molar-refractivity contribution < 1.29 is 18.3 Å². The zero-order valence-corrected chi connectivity index (χ0v) is 10.7. The van der Waals surface area contributed by atoms with Gasteiger partial charge in [0.2, 0.25) is 0 Å². The third-order valence-corrected chi connectivity index (χ3v) is 2.65. The van der Waals surface area contributed by atoms with Crippen LogP contribution in [0, 0.1) is 0 Å². The number of anilines is 1. The average Bonchev–Trinajstić information content (AvgIpc) is 2.89. The van der Waals surface area contributed by atoms with Crippen molar-refractivity contribution in [1.82, 2.24) is 10.2 Å². The molecule has 106 valence electrons. The van der Waals surface area contributed by atoms with Gasteiger partial charge in [-0.15, -0.1) is 0 Å². The first-order valence-corrected chi connectivity index (χ1v) is 5.98. The van der Waals surface area contributed by atoms with Crippen LogP contribution in [-0.4, -0.2) is 22.7 Å². The Morgan fingerprint density at radius 2 is 2.10 bits per heavy atom. The number of halogens is 2. The number of carbonyl (C=O) groups is 1. The molecule has 0 atom stereocenters. The SMILES string of the molecule is CCc1[nH]ncc1C(=O)Nc1ccc(OC(F)F)cc1. The van der Waals surface area contributed by atoms with Crippen LogP contribution in [0.1, 0.15) is 23.0 Å². The normalized spacial score (nSPS) is 10.6. The lowest BCUT2D eigenvalue weighted by molar-refractivity contribution is -0.0498. The first-order valence-electron chi connectivity index (χ1n) is 5.98. The minimum absolute atomic E-state index is 0.0376. The molecule has 0 spiro atoms. The third-order valence-electron chi connectivity index (χ3n) is 2.65. The van der Waals surface area contributed by atoms with Crippen molar-refractivity contribution in [2.45, 2.75) is 20.0 Å². The van der Waals surface area contributed by atoms with Gasteiger partial charge in [0, 0.05) is 11.4 Å². The molecule has 0 fully saturated rings. The van der Waals surface area contributed by atoms with E-state index in [1.54, 1.807) is 0 Å². The highest BCUT2D eigenvalue weighted by molar-refractivity contribution is 6.04. The molecule has 0 aliphatic heterocycles. The Balaban J connectivity index is 2.05. The molecule has 7 heteroatoms. The summed E-state index contributed by atoms with van der Waals surface area (Å²) < 4.78 is 28.2. The van der Waals surface area contributed by atoms with E-state index >= 15 is 0 Å². The highest BCUT2D eigenvalue weighted by Gasteiger charge is 2.12. The number of benzene rings is 1. The molecule has 0 aliphatic carbocycles. The Kier molecular flexibility index (Phi) is 4.29. The number of nitrogens with one attached hydrogen (secondary N) is 2. The number of hydrogen-bond donors (Lipinski definition) is 2. The molecule has 2 aromatic rings. The summed E-state index contributed by atoms with van der Waals surface area (Å²) in [4.78, 5) is 12.0. The van der Waals surface area contributed by atoms with Gasteiger partial charge in [-0.05, 0) is 30.7 Å². The minimum atomic E-state index is -2.87. The molecule has 2 N–H and O–H groups in total. The molecule has 1 aromatic carbocycles. The van der Waals surface area contributed by atoms with E-state index in [0.717, 1.165) is 5.69 Å². The van der Waals surface area contributed by atoms with Crippen LogP contribution in [0.3, 0.4) is 0 Å². The van der Waals surface area contributed by atoms with E-state index in [9.17, 15) is 13.6 Å². The summed E-state index contributed by atoms with van der Waals surface area (Å²) in [6.45, 7) is -0.964. The maximum Gasteiger partial charge on any atom is 0.387 e. The van der Waals surface area contributed by atoms with E-state index in [4.69, 9.17) is 0 Å². The molecule has 2 rings (SSSR count). The lowest BCUT2D eigenvalue weighted by Gasteiger charge is -2.07. The van der Waals surface area contributed by atoms with Crippen LogP contribution in [0.2, 0.25) is 0 Å². The fraction of sp³-hybridized carbons (Fsp3) is 0.231. The number of amides is 1. The largest absolute Gasteiger partial charge is 0.435 e. The molecule has 1 heterocycles. The number of aromatic amines is 1. The zero-order valence-electron chi connectivity index (χ0n) is 10.7. The smallest absolute Gasteiger partial charge is 0.387 e. The summed E-state index contributed by atoms with van der Waals surface area (Å²) in [5, 5.41) is 9.21. The van der Waals surface area contributed by atoms with Gasteiger partial charge in [-0.1, -0.05) is 6.92 Å². The topological polar surface area (TPSA) is 67.0 Å². The first kappa shape index (κ1) is 14.0. The number of nitrogens with zero attached hydrogens (tertiary/aromatic N) is 1. The summed E-state index contributed by atoms with van der Waals surface area (Å²) in [5.41, 5.74) is 1.68. The molecule has 0 saturated carbocycles. The molecule has 20 heavy (non-hydrogen) atoms. The second-order valence-corrected chi connectivity index (χ2v) is 3.97. The van der Waals surface area contributed by atoms with Crippen LogP contribution in [0.5, 0.6) is 5.75 Å². The summed E-state index contributed by atoms with van der Waals surface area (Å²) in [6.07, 6.45) is 2.10. The van der Waals surface area contributed by atoms with Crippen molar-refractivity contribution in [3.63, 3.8) is 0 Å². The van der Waals surface area contributed by atoms with Gasteiger partial charge in [-0.25, -0.2) is 0 Å². The van der Waals surface area contributed by atoms with Gasteiger partial charge in [-0.2, -0.15) is 13.9 Å². The van der Waals surface area contributed by atoms with Gasteiger partial charge < -0.3 is 10.1 Å². The van der Waals surface area contributed by atoms with Gasteiger partial charge in [0.05, 0.1) is 11.8 Å². The van der Waals surface area contributed by atoms with Crippen LogP contribution >= 0.6 is 0 Å². The Morgan fingerprint density at radius 3 is 2.70 bits per heavy atom. The molecule has 5 nitrogen and oxygen atoms in total. The molecule has 1 amide bonds. The van der Waals surface area contributed by atoms with E-state index in [1.807, 2.05) is 6.92 Å². The van der Waals surface area contributed by atoms with Crippen molar-refractivity contribution in [2.24, 2.45) is 0 Å². The molecular weight excluding hydrogens is 268 g/mol. The van der Waals surface area contributed by atoms with E-state index in [0.29, 0.717) is 17.7 Å². The summed E-state index contributed by atoms with van der Waals surface area (Å²) in [5.74, 6) is -0.270.